The topological polar surface area (TPSA) is 24.9 Å². The summed E-state index contributed by atoms with van der Waals surface area (Å²) in [4.78, 5) is 4.18. The van der Waals surface area contributed by atoms with E-state index < -0.39 is 0 Å². The van der Waals surface area contributed by atoms with Crippen LogP contribution < -0.4 is 5.32 Å². The highest BCUT2D eigenvalue weighted by molar-refractivity contribution is 9.10. The third kappa shape index (κ3) is 5.61. The Hall–Kier alpha value is -0.410. The molecule has 0 aliphatic rings. The van der Waals surface area contributed by atoms with Gasteiger partial charge < -0.3 is 5.32 Å². The van der Waals surface area contributed by atoms with Crippen molar-refractivity contribution in [2.45, 2.75) is 39.7 Å². The van der Waals surface area contributed by atoms with Crippen molar-refractivity contribution in [3.8, 4) is 0 Å². The molecule has 3 heteroatoms. The summed E-state index contributed by atoms with van der Waals surface area (Å²) in [6.07, 6.45) is 6.10. The Bertz CT molecular complexity index is 313. The summed E-state index contributed by atoms with van der Waals surface area (Å²) in [5, 5.41) is 3.45. The van der Waals surface area contributed by atoms with Gasteiger partial charge in [-0.3, -0.25) is 4.98 Å². The molecule has 0 radical (unpaired) electrons. The molecule has 90 valence electrons. The zero-order valence-electron chi connectivity index (χ0n) is 10.3. The van der Waals surface area contributed by atoms with Gasteiger partial charge in [0, 0.05) is 22.9 Å². The summed E-state index contributed by atoms with van der Waals surface area (Å²) in [6, 6.07) is 2.74. The van der Waals surface area contributed by atoms with Crippen LogP contribution in [0.15, 0.2) is 22.9 Å². The van der Waals surface area contributed by atoms with Gasteiger partial charge in [0.15, 0.2) is 0 Å². The number of halogens is 1. The second-order valence-electron chi connectivity index (χ2n) is 4.72. The van der Waals surface area contributed by atoms with Crippen molar-refractivity contribution in [1.29, 1.82) is 0 Å². The smallest absolute Gasteiger partial charge is 0.0410 e. The Kier molecular flexibility index (Phi) is 5.99. The van der Waals surface area contributed by atoms with Crippen LogP contribution in [0.4, 0.5) is 0 Å². The lowest BCUT2D eigenvalue weighted by Gasteiger charge is -2.13. The molecule has 1 N–H and O–H groups in total. The van der Waals surface area contributed by atoms with Crippen LogP contribution in [-0.4, -0.2) is 17.6 Å². The summed E-state index contributed by atoms with van der Waals surface area (Å²) in [7, 11) is 0. The third-order valence-electron chi connectivity index (χ3n) is 2.54. The fourth-order valence-electron chi connectivity index (χ4n) is 1.69. The van der Waals surface area contributed by atoms with Crippen LogP contribution in [-0.2, 0) is 6.42 Å². The highest BCUT2D eigenvalue weighted by Gasteiger charge is 2.04. The minimum Gasteiger partial charge on any atom is -0.315 e. The number of hydrogen-bond donors (Lipinski definition) is 1. The minimum absolute atomic E-state index is 0.583. The first-order valence-electron chi connectivity index (χ1n) is 5.90. The standard InChI is InChI=1S/C13H21BrN2/c1-10(2)16-5-4-11(3)6-12-7-13(14)9-15-8-12/h7-11,16H,4-6H2,1-3H3. The summed E-state index contributed by atoms with van der Waals surface area (Å²) in [5.41, 5.74) is 1.31. The maximum absolute atomic E-state index is 4.18. The number of aromatic nitrogens is 1. The average molecular weight is 285 g/mol. The van der Waals surface area contributed by atoms with E-state index in [1.807, 2.05) is 12.4 Å². The molecule has 2 nitrogen and oxygen atoms in total. The van der Waals surface area contributed by atoms with Gasteiger partial charge in [-0.2, -0.15) is 0 Å². The molecule has 0 saturated heterocycles. The van der Waals surface area contributed by atoms with Crippen molar-refractivity contribution < 1.29 is 0 Å². The van der Waals surface area contributed by atoms with Crippen LogP contribution in [0.1, 0.15) is 32.8 Å². The molecular weight excluding hydrogens is 264 g/mol. The highest BCUT2D eigenvalue weighted by atomic mass is 79.9. The zero-order chi connectivity index (χ0) is 12.0. The fourth-order valence-corrected chi connectivity index (χ4v) is 2.10. The Labute approximate surface area is 107 Å². The van der Waals surface area contributed by atoms with Crippen molar-refractivity contribution >= 4 is 15.9 Å². The van der Waals surface area contributed by atoms with Gasteiger partial charge in [-0.1, -0.05) is 20.8 Å². The Morgan fingerprint density at radius 2 is 2.06 bits per heavy atom. The van der Waals surface area contributed by atoms with Crippen LogP contribution >= 0.6 is 15.9 Å². The van der Waals surface area contributed by atoms with E-state index in [2.05, 4.69) is 53.1 Å². The van der Waals surface area contributed by atoms with Gasteiger partial charge in [0.1, 0.15) is 0 Å². The largest absolute Gasteiger partial charge is 0.315 e. The second kappa shape index (κ2) is 7.02. The van der Waals surface area contributed by atoms with E-state index >= 15 is 0 Å². The molecule has 16 heavy (non-hydrogen) atoms. The number of rotatable bonds is 6. The Morgan fingerprint density at radius 3 is 2.69 bits per heavy atom. The highest BCUT2D eigenvalue weighted by Crippen LogP contribution is 2.14. The van der Waals surface area contributed by atoms with E-state index in [4.69, 9.17) is 0 Å². The summed E-state index contributed by atoms with van der Waals surface area (Å²) < 4.78 is 1.07. The van der Waals surface area contributed by atoms with Crippen molar-refractivity contribution in [2.75, 3.05) is 6.54 Å². The molecule has 0 amide bonds. The fraction of sp³-hybridized carbons (Fsp3) is 0.615. The van der Waals surface area contributed by atoms with Gasteiger partial charge in [-0.15, -0.1) is 0 Å². The number of nitrogens with zero attached hydrogens (tertiary/aromatic N) is 1. The summed E-state index contributed by atoms with van der Waals surface area (Å²) in [5.74, 6) is 0.697. The Balaban J connectivity index is 2.31. The van der Waals surface area contributed by atoms with E-state index in [0.29, 0.717) is 12.0 Å². The van der Waals surface area contributed by atoms with E-state index in [1.54, 1.807) is 0 Å². The maximum Gasteiger partial charge on any atom is 0.0410 e. The monoisotopic (exact) mass is 284 g/mol. The first-order chi connectivity index (χ1) is 7.58. The van der Waals surface area contributed by atoms with Gasteiger partial charge in [0.25, 0.3) is 0 Å². The van der Waals surface area contributed by atoms with Crippen molar-refractivity contribution in [1.82, 2.24) is 10.3 Å². The summed E-state index contributed by atoms with van der Waals surface area (Å²) >= 11 is 3.45. The second-order valence-corrected chi connectivity index (χ2v) is 5.63. The van der Waals surface area contributed by atoms with Crippen LogP contribution in [0, 0.1) is 5.92 Å². The number of nitrogens with one attached hydrogen (secondary N) is 1. The summed E-state index contributed by atoms with van der Waals surface area (Å²) in [6.45, 7) is 7.76. The molecule has 0 spiro atoms. The lowest BCUT2D eigenvalue weighted by Crippen LogP contribution is -2.25. The average Bonchev–Trinajstić information content (AvgIpc) is 2.16. The van der Waals surface area contributed by atoms with Crippen LogP contribution in [0.5, 0.6) is 0 Å². The molecule has 0 bridgehead atoms. The quantitative estimate of drug-likeness (QED) is 0.866. The zero-order valence-corrected chi connectivity index (χ0v) is 11.9. The third-order valence-corrected chi connectivity index (χ3v) is 2.97. The van der Waals surface area contributed by atoms with E-state index in [-0.39, 0.29) is 0 Å². The SMILES string of the molecule is CC(CCNC(C)C)Cc1cncc(Br)c1. The van der Waals surface area contributed by atoms with E-state index in [0.717, 1.165) is 17.4 Å². The van der Waals surface area contributed by atoms with Crippen molar-refractivity contribution in [3.05, 3.63) is 28.5 Å². The molecule has 1 rings (SSSR count). The molecule has 0 fully saturated rings. The molecule has 1 heterocycles. The molecule has 0 aliphatic carbocycles. The molecule has 1 atom stereocenters. The lowest BCUT2D eigenvalue weighted by atomic mass is 9.99. The maximum atomic E-state index is 4.18. The molecular formula is C13H21BrN2. The number of hydrogen-bond acceptors (Lipinski definition) is 2. The van der Waals surface area contributed by atoms with Gasteiger partial charge >= 0.3 is 0 Å². The minimum atomic E-state index is 0.583. The molecule has 1 aromatic heterocycles. The van der Waals surface area contributed by atoms with Crippen LogP contribution in [0.25, 0.3) is 0 Å². The van der Waals surface area contributed by atoms with Gasteiger partial charge in [0.05, 0.1) is 0 Å². The Morgan fingerprint density at radius 1 is 1.31 bits per heavy atom. The molecule has 0 saturated carbocycles. The van der Waals surface area contributed by atoms with Gasteiger partial charge in [0.2, 0.25) is 0 Å². The predicted molar refractivity (Wildman–Crippen MR) is 72.6 cm³/mol. The van der Waals surface area contributed by atoms with Crippen molar-refractivity contribution in [2.24, 2.45) is 5.92 Å². The molecule has 0 aliphatic heterocycles. The van der Waals surface area contributed by atoms with Gasteiger partial charge in [-0.05, 0) is 52.9 Å². The van der Waals surface area contributed by atoms with Crippen LogP contribution in [0.2, 0.25) is 0 Å². The van der Waals surface area contributed by atoms with Gasteiger partial charge in [-0.25, -0.2) is 0 Å². The predicted octanol–water partition coefficient (Wildman–Crippen LogP) is 3.41. The first-order valence-corrected chi connectivity index (χ1v) is 6.70. The normalized spacial score (nSPS) is 13.1. The first kappa shape index (κ1) is 13.7. The molecule has 0 aromatic carbocycles. The van der Waals surface area contributed by atoms with E-state index in [1.165, 1.54) is 12.0 Å². The van der Waals surface area contributed by atoms with Crippen LogP contribution in [0.3, 0.4) is 0 Å². The van der Waals surface area contributed by atoms with Crippen molar-refractivity contribution in [3.63, 3.8) is 0 Å². The lowest BCUT2D eigenvalue weighted by molar-refractivity contribution is 0.476. The number of pyridine rings is 1. The molecule has 1 aromatic rings. The molecule has 1 unspecified atom stereocenters. The van der Waals surface area contributed by atoms with E-state index in [9.17, 15) is 0 Å².